The Kier molecular flexibility index (Phi) is 7.19. The molecular weight excluding hydrogens is 366 g/mol. The zero-order valence-corrected chi connectivity index (χ0v) is 17.1. The van der Waals surface area contributed by atoms with Crippen LogP contribution in [0, 0.1) is 0 Å². The van der Waals surface area contributed by atoms with Crippen LogP contribution in [0.1, 0.15) is 39.0 Å². The third-order valence-electron chi connectivity index (χ3n) is 5.25. The predicted octanol–water partition coefficient (Wildman–Crippen LogP) is 3.92. The zero-order chi connectivity index (χ0) is 20.6. The van der Waals surface area contributed by atoms with Gasteiger partial charge in [-0.05, 0) is 38.0 Å². The molecular formula is C22H29N5O2. The second-order valence-electron chi connectivity index (χ2n) is 7.22. The normalized spacial score (nSPS) is 11.0. The lowest BCUT2D eigenvalue weighted by Crippen LogP contribution is -2.24. The Morgan fingerprint density at radius 1 is 1.14 bits per heavy atom. The molecule has 0 radical (unpaired) electrons. The van der Waals surface area contributed by atoms with Gasteiger partial charge in [0.2, 0.25) is 5.91 Å². The highest BCUT2D eigenvalue weighted by atomic mass is 16.5. The van der Waals surface area contributed by atoms with E-state index >= 15 is 0 Å². The summed E-state index contributed by atoms with van der Waals surface area (Å²) in [6, 6.07) is 10.5. The highest BCUT2D eigenvalue weighted by Crippen LogP contribution is 2.24. The molecule has 7 heteroatoms. The maximum absolute atomic E-state index is 11.0. The topological polar surface area (TPSA) is 83.3 Å². The lowest BCUT2D eigenvalue weighted by atomic mass is 10.1. The van der Waals surface area contributed by atoms with E-state index in [-0.39, 0.29) is 5.91 Å². The van der Waals surface area contributed by atoms with Crippen molar-refractivity contribution in [3.8, 4) is 11.3 Å². The molecule has 2 heterocycles. The number of pyridine rings is 1. The van der Waals surface area contributed by atoms with E-state index in [1.807, 2.05) is 24.1 Å². The molecule has 0 bridgehead atoms. The number of aromatic nitrogens is 3. The average molecular weight is 396 g/mol. The van der Waals surface area contributed by atoms with Gasteiger partial charge in [-0.1, -0.05) is 25.0 Å². The molecule has 29 heavy (non-hydrogen) atoms. The molecule has 154 valence electrons. The number of rotatable bonds is 10. The number of unbranched alkanes of at least 4 members (excludes halogenated alkanes) is 3. The van der Waals surface area contributed by atoms with E-state index in [2.05, 4.69) is 52.2 Å². The van der Waals surface area contributed by atoms with Crippen LogP contribution in [0.15, 0.2) is 42.7 Å². The molecule has 1 amide bonds. The summed E-state index contributed by atoms with van der Waals surface area (Å²) in [5, 5.41) is 13.9. The molecule has 3 aromatic rings. The molecule has 0 fully saturated rings. The number of benzene rings is 1. The van der Waals surface area contributed by atoms with Crippen molar-refractivity contribution in [3.63, 3.8) is 0 Å². The Balaban J connectivity index is 1.56. The van der Waals surface area contributed by atoms with Gasteiger partial charge in [0.1, 0.15) is 0 Å². The van der Waals surface area contributed by atoms with Gasteiger partial charge in [0.25, 0.3) is 0 Å². The first-order chi connectivity index (χ1) is 14.1. The van der Waals surface area contributed by atoms with E-state index in [0.29, 0.717) is 6.42 Å². The van der Waals surface area contributed by atoms with Crippen LogP contribution in [0.5, 0.6) is 0 Å². The van der Waals surface area contributed by atoms with Crippen molar-refractivity contribution in [3.05, 3.63) is 42.7 Å². The van der Waals surface area contributed by atoms with Crippen LogP contribution in [0.2, 0.25) is 0 Å². The molecule has 7 nitrogen and oxygen atoms in total. The van der Waals surface area contributed by atoms with Gasteiger partial charge in [0.15, 0.2) is 0 Å². The summed E-state index contributed by atoms with van der Waals surface area (Å²) in [7, 11) is 1.95. The lowest BCUT2D eigenvalue weighted by molar-refractivity contribution is -0.129. The zero-order valence-electron chi connectivity index (χ0n) is 17.1. The van der Waals surface area contributed by atoms with Crippen molar-refractivity contribution in [2.75, 3.05) is 18.0 Å². The van der Waals surface area contributed by atoms with Gasteiger partial charge >= 0.3 is 0 Å². The number of anilines is 1. The first-order valence-electron chi connectivity index (χ1n) is 10.2. The molecule has 0 atom stereocenters. The van der Waals surface area contributed by atoms with Crippen molar-refractivity contribution < 1.29 is 10.0 Å². The highest BCUT2D eigenvalue weighted by Gasteiger charge is 2.08. The largest absolute Gasteiger partial charge is 0.371 e. The van der Waals surface area contributed by atoms with Gasteiger partial charge in [-0.15, -0.1) is 0 Å². The molecule has 0 aliphatic rings. The van der Waals surface area contributed by atoms with Crippen molar-refractivity contribution in [1.29, 1.82) is 0 Å². The quantitative estimate of drug-likeness (QED) is 0.309. The van der Waals surface area contributed by atoms with Crippen LogP contribution in [0.4, 0.5) is 5.69 Å². The van der Waals surface area contributed by atoms with Crippen molar-refractivity contribution in [2.24, 2.45) is 7.05 Å². The number of amides is 1. The van der Waals surface area contributed by atoms with E-state index in [1.165, 1.54) is 0 Å². The number of carbonyl (C=O) groups is 1. The molecule has 2 N–H and O–H groups in total. The van der Waals surface area contributed by atoms with Crippen molar-refractivity contribution in [1.82, 2.24) is 20.2 Å². The number of hydrogen-bond donors (Lipinski definition) is 2. The fourth-order valence-electron chi connectivity index (χ4n) is 3.51. The summed E-state index contributed by atoms with van der Waals surface area (Å²) < 4.78 is 1.88. The molecule has 0 unspecified atom stereocenters. The van der Waals surface area contributed by atoms with E-state index in [9.17, 15) is 4.79 Å². The van der Waals surface area contributed by atoms with E-state index in [4.69, 9.17) is 5.21 Å². The minimum atomic E-state index is -0.311. The summed E-state index contributed by atoms with van der Waals surface area (Å²) in [4.78, 5) is 18.0. The van der Waals surface area contributed by atoms with Gasteiger partial charge < -0.3 is 4.90 Å². The van der Waals surface area contributed by atoms with E-state index < -0.39 is 0 Å². The molecule has 0 aliphatic heterocycles. The first-order valence-corrected chi connectivity index (χ1v) is 10.2. The second-order valence-corrected chi connectivity index (χ2v) is 7.22. The first kappa shape index (κ1) is 20.8. The average Bonchev–Trinajstić information content (AvgIpc) is 3.13. The van der Waals surface area contributed by atoms with Crippen molar-refractivity contribution in [2.45, 2.75) is 39.0 Å². The van der Waals surface area contributed by atoms with Crippen LogP contribution >= 0.6 is 0 Å². The summed E-state index contributed by atoms with van der Waals surface area (Å²) in [6.45, 7) is 4.04. The van der Waals surface area contributed by atoms with Gasteiger partial charge in [-0.25, -0.2) is 5.48 Å². The van der Waals surface area contributed by atoms with E-state index in [0.717, 1.165) is 66.6 Å². The highest BCUT2D eigenvalue weighted by molar-refractivity contribution is 5.83. The molecule has 0 saturated carbocycles. The minimum absolute atomic E-state index is 0.311. The molecule has 2 aromatic heterocycles. The maximum atomic E-state index is 11.0. The van der Waals surface area contributed by atoms with Crippen LogP contribution in [-0.4, -0.2) is 39.0 Å². The molecule has 0 aliphatic carbocycles. The van der Waals surface area contributed by atoms with Crippen LogP contribution in [0.25, 0.3) is 22.2 Å². The molecule has 3 rings (SSSR count). The number of carbonyl (C=O) groups excluding carboxylic acids is 1. The Hall–Kier alpha value is -2.93. The number of aryl methyl sites for hydroxylation is 1. The van der Waals surface area contributed by atoms with Gasteiger partial charge in [0.05, 0.1) is 29.3 Å². The van der Waals surface area contributed by atoms with Gasteiger partial charge in [-0.3, -0.25) is 19.7 Å². The summed E-state index contributed by atoms with van der Waals surface area (Å²) in [5.74, 6) is -0.311. The third-order valence-corrected chi connectivity index (χ3v) is 5.25. The molecule has 1 aromatic carbocycles. The van der Waals surface area contributed by atoms with E-state index in [1.54, 1.807) is 5.48 Å². The number of hydroxylamine groups is 1. The van der Waals surface area contributed by atoms with Crippen LogP contribution in [0.3, 0.4) is 0 Å². The Bertz CT molecular complexity index is 936. The SMILES string of the molecule is CCN(CCCCCCC(=O)NO)c1ccc(-c2ccc3cnn(C)c3c2)nc1. The number of fused-ring (bicyclic) bond motifs is 1. The summed E-state index contributed by atoms with van der Waals surface area (Å²) in [5.41, 5.74) is 5.93. The number of nitrogens with one attached hydrogen (secondary N) is 1. The lowest BCUT2D eigenvalue weighted by Gasteiger charge is -2.23. The monoisotopic (exact) mass is 395 g/mol. The van der Waals surface area contributed by atoms with Gasteiger partial charge in [-0.2, -0.15) is 5.10 Å². The third kappa shape index (κ3) is 5.32. The smallest absolute Gasteiger partial charge is 0.243 e. The summed E-state index contributed by atoms with van der Waals surface area (Å²) in [6.07, 6.45) is 8.10. The number of hydrogen-bond acceptors (Lipinski definition) is 5. The van der Waals surface area contributed by atoms with Gasteiger partial charge in [0, 0.05) is 37.5 Å². The summed E-state index contributed by atoms with van der Waals surface area (Å²) >= 11 is 0. The fourth-order valence-corrected chi connectivity index (χ4v) is 3.51. The predicted molar refractivity (Wildman–Crippen MR) is 115 cm³/mol. The minimum Gasteiger partial charge on any atom is -0.371 e. The number of nitrogens with zero attached hydrogens (tertiary/aromatic N) is 4. The molecule has 0 saturated heterocycles. The maximum Gasteiger partial charge on any atom is 0.243 e. The standard InChI is InChI=1S/C22H29N5O2/c1-3-27(13-7-5-4-6-8-22(28)25-29)19-11-12-20(23-16-19)17-9-10-18-15-24-26(2)21(18)14-17/h9-12,14-16,29H,3-8,13H2,1-2H3,(H,25,28). The van der Waals surface area contributed by atoms with Crippen molar-refractivity contribution >= 4 is 22.5 Å². The molecule has 0 spiro atoms. The second kappa shape index (κ2) is 10.0. The van der Waals surface area contributed by atoms with Crippen LogP contribution in [-0.2, 0) is 11.8 Å². The fraction of sp³-hybridized carbons (Fsp3) is 0.409. The Morgan fingerprint density at radius 3 is 2.69 bits per heavy atom. The van der Waals surface area contributed by atoms with Crippen LogP contribution < -0.4 is 10.4 Å². The Morgan fingerprint density at radius 2 is 1.97 bits per heavy atom. The Labute approximate surface area is 171 Å².